The summed E-state index contributed by atoms with van der Waals surface area (Å²) in [5.74, 6) is 0.906. The number of rotatable bonds is 5. The molecule has 1 saturated heterocycles. The van der Waals surface area contributed by atoms with Gasteiger partial charge in [0.25, 0.3) is 0 Å². The average Bonchev–Trinajstić information content (AvgIpc) is 2.44. The average molecular weight is 287 g/mol. The molecule has 0 aliphatic carbocycles. The Morgan fingerprint density at radius 1 is 1.37 bits per heavy atom. The van der Waals surface area contributed by atoms with Crippen molar-refractivity contribution in [2.45, 2.75) is 13.0 Å². The molecular formula is C11H19ClN6O. The van der Waals surface area contributed by atoms with E-state index >= 15 is 0 Å². The molecular weight excluding hydrogens is 268 g/mol. The van der Waals surface area contributed by atoms with Crippen LogP contribution in [-0.2, 0) is 4.74 Å². The zero-order valence-electron chi connectivity index (χ0n) is 11.2. The summed E-state index contributed by atoms with van der Waals surface area (Å²) in [5, 5.41) is 6.14. The standard InChI is InChI=1S/C11H19ClN6O/c1-3-18-4-5-19-8(7-18)6-14-11-16-9(12)15-10(13-2)17-11/h8H,3-7H2,1-2H3,(H2,13,14,15,16,17). The number of aromatic nitrogens is 3. The molecule has 0 spiro atoms. The second kappa shape index (κ2) is 6.83. The van der Waals surface area contributed by atoms with Crippen molar-refractivity contribution < 1.29 is 4.74 Å². The Morgan fingerprint density at radius 2 is 2.16 bits per heavy atom. The highest BCUT2D eigenvalue weighted by atomic mass is 35.5. The van der Waals surface area contributed by atoms with Crippen molar-refractivity contribution in [1.29, 1.82) is 0 Å². The quantitative estimate of drug-likeness (QED) is 0.825. The first-order chi connectivity index (χ1) is 9.21. The SMILES string of the molecule is CCN1CCOC(CNc2nc(Cl)nc(NC)n2)C1. The summed E-state index contributed by atoms with van der Waals surface area (Å²) in [6.07, 6.45) is 0.141. The molecule has 19 heavy (non-hydrogen) atoms. The molecule has 106 valence electrons. The van der Waals surface area contributed by atoms with Gasteiger partial charge in [-0.05, 0) is 18.1 Å². The highest BCUT2D eigenvalue weighted by Gasteiger charge is 2.19. The van der Waals surface area contributed by atoms with Crippen LogP contribution in [0, 0.1) is 0 Å². The monoisotopic (exact) mass is 286 g/mol. The van der Waals surface area contributed by atoms with E-state index in [0.717, 1.165) is 26.2 Å². The van der Waals surface area contributed by atoms with E-state index in [1.165, 1.54) is 0 Å². The Labute approximate surface area is 117 Å². The molecule has 0 aromatic carbocycles. The number of hydrogen-bond donors (Lipinski definition) is 2. The summed E-state index contributed by atoms with van der Waals surface area (Å²) >= 11 is 5.81. The molecule has 0 amide bonds. The molecule has 2 rings (SSSR count). The molecule has 1 aromatic rings. The van der Waals surface area contributed by atoms with Crippen molar-refractivity contribution in [1.82, 2.24) is 19.9 Å². The van der Waals surface area contributed by atoms with E-state index in [1.54, 1.807) is 7.05 Å². The summed E-state index contributed by atoms with van der Waals surface area (Å²) in [4.78, 5) is 14.5. The van der Waals surface area contributed by atoms with E-state index in [4.69, 9.17) is 16.3 Å². The highest BCUT2D eigenvalue weighted by Crippen LogP contribution is 2.10. The van der Waals surface area contributed by atoms with Crippen molar-refractivity contribution in [2.75, 3.05) is 50.5 Å². The maximum Gasteiger partial charge on any atom is 0.228 e. The van der Waals surface area contributed by atoms with E-state index in [2.05, 4.69) is 37.4 Å². The summed E-state index contributed by atoms with van der Waals surface area (Å²) < 4.78 is 5.69. The minimum absolute atomic E-state index is 0.141. The first-order valence-corrected chi connectivity index (χ1v) is 6.76. The minimum atomic E-state index is 0.141. The smallest absolute Gasteiger partial charge is 0.228 e. The van der Waals surface area contributed by atoms with Crippen LogP contribution in [-0.4, -0.2) is 65.8 Å². The van der Waals surface area contributed by atoms with Gasteiger partial charge < -0.3 is 15.4 Å². The summed E-state index contributed by atoms with van der Waals surface area (Å²) in [7, 11) is 1.73. The number of hydrogen-bond acceptors (Lipinski definition) is 7. The van der Waals surface area contributed by atoms with Crippen LogP contribution >= 0.6 is 11.6 Å². The first-order valence-electron chi connectivity index (χ1n) is 6.38. The Bertz CT molecular complexity index is 418. The lowest BCUT2D eigenvalue weighted by Gasteiger charge is -2.32. The molecule has 1 aliphatic rings. The van der Waals surface area contributed by atoms with Crippen molar-refractivity contribution in [2.24, 2.45) is 0 Å². The largest absolute Gasteiger partial charge is 0.374 e. The van der Waals surface area contributed by atoms with Gasteiger partial charge in [0.1, 0.15) is 0 Å². The lowest BCUT2D eigenvalue weighted by molar-refractivity contribution is -0.0192. The first kappa shape index (κ1) is 14.2. The third kappa shape index (κ3) is 4.15. The van der Waals surface area contributed by atoms with Crippen molar-refractivity contribution in [3.05, 3.63) is 5.28 Å². The molecule has 2 heterocycles. The van der Waals surface area contributed by atoms with E-state index in [0.29, 0.717) is 18.4 Å². The maximum atomic E-state index is 5.81. The molecule has 0 radical (unpaired) electrons. The number of halogens is 1. The Balaban J connectivity index is 1.89. The van der Waals surface area contributed by atoms with Gasteiger partial charge in [-0.1, -0.05) is 6.92 Å². The Kier molecular flexibility index (Phi) is 5.12. The lowest BCUT2D eigenvalue weighted by Crippen LogP contribution is -2.45. The van der Waals surface area contributed by atoms with E-state index in [9.17, 15) is 0 Å². The normalized spacial score (nSPS) is 20.3. The predicted octanol–water partition coefficient (Wildman–Crippen LogP) is 0.699. The summed E-state index contributed by atoms with van der Waals surface area (Å²) in [6, 6.07) is 0. The van der Waals surface area contributed by atoms with Crippen LogP contribution in [0.1, 0.15) is 6.92 Å². The molecule has 1 aromatic heterocycles. The fourth-order valence-corrected chi connectivity index (χ4v) is 2.10. The fourth-order valence-electron chi connectivity index (χ4n) is 1.94. The van der Waals surface area contributed by atoms with Gasteiger partial charge in [0.15, 0.2) is 0 Å². The van der Waals surface area contributed by atoms with Crippen LogP contribution in [0.2, 0.25) is 5.28 Å². The summed E-state index contributed by atoms with van der Waals surface area (Å²) in [5.41, 5.74) is 0. The molecule has 8 heteroatoms. The fraction of sp³-hybridized carbons (Fsp3) is 0.727. The van der Waals surface area contributed by atoms with Gasteiger partial charge in [-0.3, -0.25) is 4.90 Å². The van der Waals surface area contributed by atoms with Crippen molar-refractivity contribution >= 4 is 23.5 Å². The molecule has 7 nitrogen and oxygen atoms in total. The number of nitrogens with one attached hydrogen (secondary N) is 2. The third-order valence-corrected chi connectivity index (χ3v) is 3.16. The number of ether oxygens (including phenoxy) is 1. The van der Waals surface area contributed by atoms with Gasteiger partial charge >= 0.3 is 0 Å². The van der Waals surface area contributed by atoms with Crippen molar-refractivity contribution in [3.63, 3.8) is 0 Å². The Hall–Kier alpha value is -1.18. The second-order valence-corrected chi connectivity index (χ2v) is 4.61. The van der Waals surface area contributed by atoms with Gasteiger partial charge in [0.2, 0.25) is 17.2 Å². The lowest BCUT2D eigenvalue weighted by atomic mass is 10.2. The zero-order valence-corrected chi connectivity index (χ0v) is 11.9. The molecule has 1 atom stereocenters. The van der Waals surface area contributed by atoms with Gasteiger partial charge in [-0.15, -0.1) is 0 Å². The molecule has 0 bridgehead atoms. The molecule has 2 N–H and O–H groups in total. The second-order valence-electron chi connectivity index (χ2n) is 4.27. The summed E-state index contributed by atoms with van der Waals surface area (Å²) in [6.45, 7) is 6.53. The third-order valence-electron chi connectivity index (χ3n) is 2.99. The number of likely N-dealkylation sites (N-methyl/N-ethyl adjacent to an activating group) is 1. The van der Waals surface area contributed by atoms with E-state index in [1.807, 2.05) is 0 Å². The van der Waals surface area contributed by atoms with Crippen LogP contribution in [0.4, 0.5) is 11.9 Å². The predicted molar refractivity (Wildman–Crippen MR) is 74.7 cm³/mol. The number of morpholine rings is 1. The van der Waals surface area contributed by atoms with Gasteiger partial charge in [0, 0.05) is 26.7 Å². The maximum absolute atomic E-state index is 5.81. The molecule has 1 aliphatic heterocycles. The van der Waals surface area contributed by atoms with Crippen LogP contribution in [0.15, 0.2) is 0 Å². The van der Waals surface area contributed by atoms with E-state index in [-0.39, 0.29) is 11.4 Å². The van der Waals surface area contributed by atoms with Gasteiger partial charge in [0.05, 0.1) is 12.7 Å². The van der Waals surface area contributed by atoms with Crippen LogP contribution < -0.4 is 10.6 Å². The van der Waals surface area contributed by atoms with Gasteiger partial charge in [-0.2, -0.15) is 15.0 Å². The van der Waals surface area contributed by atoms with Gasteiger partial charge in [-0.25, -0.2) is 0 Å². The number of anilines is 2. The minimum Gasteiger partial charge on any atom is -0.374 e. The highest BCUT2D eigenvalue weighted by molar-refractivity contribution is 6.28. The zero-order chi connectivity index (χ0) is 13.7. The Morgan fingerprint density at radius 3 is 2.89 bits per heavy atom. The molecule has 1 unspecified atom stereocenters. The van der Waals surface area contributed by atoms with Crippen LogP contribution in [0.25, 0.3) is 0 Å². The van der Waals surface area contributed by atoms with E-state index < -0.39 is 0 Å². The van der Waals surface area contributed by atoms with Crippen molar-refractivity contribution in [3.8, 4) is 0 Å². The van der Waals surface area contributed by atoms with Crippen LogP contribution in [0.5, 0.6) is 0 Å². The topological polar surface area (TPSA) is 75.2 Å². The number of nitrogens with zero attached hydrogens (tertiary/aromatic N) is 4. The van der Waals surface area contributed by atoms with Crippen LogP contribution in [0.3, 0.4) is 0 Å². The molecule has 0 saturated carbocycles. The molecule has 1 fully saturated rings.